The number of carbonyl (C=O) groups excluding carboxylic acids is 1. The molecule has 1 aromatic carbocycles. The molecule has 0 radical (unpaired) electrons. The van der Waals surface area contributed by atoms with Crippen molar-refractivity contribution in [2.75, 3.05) is 11.9 Å². The molecular formula is C13H16ClN5O. The van der Waals surface area contributed by atoms with E-state index in [1.807, 2.05) is 19.1 Å². The highest BCUT2D eigenvalue weighted by atomic mass is 35.5. The van der Waals surface area contributed by atoms with Crippen LogP contribution in [0.2, 0.25) is 5.02 Å². The Hall–Kier alpha value is -2.08. The largest absolute Gasteiger partial charge is 0.338 e. The molecule has 3 N–H and O–H groups in total. The molecule has 0 aliphatic heterocycles. The second kappa shape index (κ2) is 6.91. The summed E-state index contributed by atoms with van der Waals surface area (Å²) >= 11 is 5.99. The lowest BCUT2D eigenvalue weighted by atomic mass is 10.2. The molecule has 0 atom stereocenters. The third kappa shape index (κ3) is 4.24. The number of aromatic amines is 1. The third-order valence-corrected chi connectivity index (χ3v) is 3.18. The van der Waals surface area contributed by atoms with Gasteiger partial charge in [-0.1, -0.05) is 17.7 Å². The van der Waals surface area contributed by atoms with Crippen molar-refractivity contribution < 1.29 is 4.79 Å². The topological polar surface area (TPSA) is 82.7 Å². The van der Waals surface area contributed by atoms with Crippen LogP contribution in [0, 0.1) is 6.92 Å². The van der Waals surface area contributed by atoms with Crippen LogP contribution in [0.25, 0.3) is 0 Å². The normalized spacial score (nSPS) is 10.3. The Balaban J connectivity index is 1.71. The van der Waals surface area contributed by atoms with Crippen LogP contribution in [0.4, 0.5) is 10.5 Å². The van der Waals surface area contributed by atoms with Crippen molar-refractivity contribution in [2.45, 2.75) is 19.8 Å². The number of nitrogens with one attached hydrogen (secondary N) is 3. The fourth-order valence-electron chi connectivity index (χ4n) is 1.65. The number of hydrogen-bond acceptors (Lipinski definition) is 3. The van der Waals surface area contributed by atoms with Gasteiger partial charge in [0.05, 0.1) is 0 Å². The number of H-pyrrole nitrogens is 1. The summed E-state index contributed by atoms with van der Waals surface area (Å²) in [4.78, 5) is 15.7. The van der Waals surface area contributed by atoms with E-state index < -0.39 is 0 Å². The first kappa shape index (κ1) is 14.3. The van der Waals surface area contributed by atoms with Crippen molar-refractivity contribution >= 4 is 23.3 Å². The van der Waals surface area contributed by atoms with Gasteiger partial charge < -0.3 is 10.6 Å². The number of anilines is 1. The molecule has 0 aliphatic rings. The predicted molar refractivity (Wildman–Crippen MR) is 77.9 cm³/mol. The Kier molecular flexibility index (Phi) is 4.95. The summed E-state index contributed by atoms with van der Waals surface area (Å²) in [6.07, 6.45) is 3.00. The molecule has 0 saturated heterocycles. The molecule has 0 bridgehead atoms. The summed E-state index contributed by atoms with van der Waals surface area (Å²) in [7, 11) is 0. The first-order valence-electron chi connectivity index (χ1n) is 6.30. The summed E-state index contributed by atoms with van der Waals surface area (Å²) in [5.74, 6) is 0.817. The van der Waals surface area contributed by atoms with Gasteiger partial charge in [0.1, 0.15) is 12.2 Å². The average molecular weight is 294 g/mol. The number of carbonyl (C=O) groups is 1. The van der Waals surface area contributed by atoms with Gasteiger partial charge in [-0.15, -0.1) is 0 Å². The van der Waals surface area contributed by atoms with Crippen molar-refractivity contribution in [3.05, 3.63) is 40.9 Å². The van der Waals surface area contributed by atoms with E-state index in [-0.39, 0.29) is 6.03 Å². The first-order valence-corrected chi connectivity index (χ1v) is 6.68. The summed E-state index contributed by atoms with van der Waals surface area (Å²) < 4.78 is 0. The van der Waals surface area contributed by atoms with E-state index in [9.17, 15) is 4.79 Å². The van der Waals surface area contributed by atoms with Gasteiger partial charge in [0.15, 0.2) is 0 Å². The number of amides is 2. The van der Waals surface area contributed by atoms with Crippen molar-refractivity contribution in [2.24, 2.45) is 0 Å². The second-order valence-electron chi connectivity index (χ2n) is 4.38. The summed E-state index contributed by atoms with van der Waals surface area (Å²) in [6, 6.07) is 5.16. The van der Waals surface area contributed by atoms with E-state index in [1.54, 1.807) is 6.07 Å². The lowest BCUT2D eigenvalue weighted by molar-refractivity contribution is 0.252. The second-order valence-corrected chi connectivity index (χ2v) is 4.79. The van der Waals surface area contributed by atoms with Gasteiger partial charge in [-0.05, 0) is 31.0 Å². The van der Waals surface area contributed by atoms with Crippen molar-refractivity contribution in [3.63, 3.8) is 0 Å². The molecule has 1 heterocycles. The van der Waals surface area contributed by atoms with Gasteiger partial charge in [0.2, 0.25) is 0 Å². The zero-order valence-corrected chi connectivity index (χ0v) is 11.9. The van der Waals surface area contributed by atoms with Crippen LogP contribution in [0.15, 0.2) is 24.5 Å². The van der Waals surface area contributed by atoms with Gasteiger partial charge in [0, 0.05) is 23.7 Å². The Morgan fingerprint density at radius 3 is 3.00 bits per heavy atom. The number of halogens is 1. The molecule has 7 heteroatoms. The van der Waals surface area contributed by atoms with Gasteiger partial charge in [-0.2, -0.15) is 5.10 Å². The Bertz CT molecular complexity index is 570. The minimum absolute atomic E-state index is 0.248. The monoisotopic (exact) mass is 293 g/mol. The Labute approximate surface area is 121 Å². The Morgan fingerprint density at radius 1 is 1.45 bits per heavy atom. The van der Waals surface area contributed by atoms with E-state index in [4.69, 9.17) is 11.6 Å². The fourth-order valence-corrected chi connectivity index (χ4v) is 1.84. The van der Waals surface area contributed by atoms with Crippen LogP contribution in [0.3, 0.4) is 0 Å². The fraction of sp³-hybridized carbons (Fsp3) is 0.308. The zero-order chi connectivity index (χ0) is 14.4. The highest BCUT2D eigenvalue weighted by molar-refractivity contribution is 6.31. The number of aryl methyl sites for hydroxylation is 2. The lowest BCUT2D eigenvalue weighted by Gasteiger charge is -2.08. The highest BCUT2D eigenvalue weighted by Gasteiger charge is 2.03. The number of nitrogens with zero attached hydrogens (tertiary/aromatic N) is 2. The van der Waals surface area contributed by atoms with Crippen molar-refractivity contribution in [1.29, 1.82) is 0 Å². The summed E-state index contributed by atoms with van der Waals surface area (Å²) in [5, 5.41) is 12.7. The number of urea groups is 1. The van der Waals surface area contributed by atoms with Crippen LogP contribution in [0.5, 0.6) is 0 Å². The van der Waals surface area contributed by atoms with Gasteiger partial charge in [-0.3, -0.25) is 5.10 Å². The summed E-state index contributed by atoms with van der Waals surface area (Å²) in [5.41, 5.74) is 1.65. The van der Waals surface area contributed by atoms with Crippen LogP contribution in [-0.2, 0) is 6.42 Å². The maximum atomic E-state index is 11.7. The quantitative estimate of drug-likeness (QED) is 0.741. The lowest BCUT2D eigenvalue weighted by Crippen LogP contribution is -2.29. The van der Waals surface area contributed by atoms with E-state index in [2.05, 4.69) is 25.8 Å². The highest BCUT2D eigenvalue weighted by Crippen LogP contribution is 2.19. The smallest absolute Gasteiger partial charge is 0.319 e. The SMILES string of the molecule is Cc1ccc(NC(=O)NCCCc2ncn[nH]2)cc1Cl. The molecule has 0 spiro atoms. The van der Waals surface area contributed by atoms with Crippen molar-refractivity contribution in [1.82, 2.24) is 20.5 Å². The van der Waals surface area contributed by atoms with Gasteiger partial charge in [0.25, 0.3) is 0 Å². The molecule has 2 rings (SSSR count). The van der Waals surface area contributed by atoms with E-state index >= 15 is 0 Å². The van der Waals surface area contributed by atoms with Gasteiger partial charge in [-0.25, -0.2) is 9.78 Å². The van der Waals surface area contributed by atoms with Crippen molar-refractivity contribution in [3.8, 4) is 0 Å². The summed E-state index contributed by atoms with van der Waals surface area (Å²) in [6.45, 7) is 2.47. The maximum absolute atomic E-state index is 11.7. The molecule has 1 aromatic heterocycles. The van der Waals surface area contributed by atoms with E-state index in [0.717, 1.165) is 24.2 Å². The van der Waals surface area contributed by atoms with Crippen LogP contribution in [0.1, 0.15) is 17.8 Å². The number of rotatable bonds is 5. The number of hydrogen-bond donors (Lipinski definition) is 3. The van der Waals surface area contributed by atoms with Crippen LogP contribution in [-0.4, -0.2) is 27.8 Å². The van der Waals surface area contributed by atoms with Crippen LogP contribution < -0.4 is 10.6 Å². The molecular weight excluding hydrogens is 278 g/mol. The molecule has 0 aliphatic carbocycles. The zero-order valence-electron chi connectivity index (χ0n) is 11.1. The Morgan fingerprint density at radius 2 is 2.30 bits per heavy atom. The minimum Gasteiger partial charge on any atom is -0.338 e. The number of benzene rings is 1. The molecule has 0 fully saturated rings. The number of aromatic nitrogens is 3. The van der Waals surface area contributed by atoms with E-state index in [1.165, 1.54) is 6.33 Å². The minimum atomic E-state index is -0.248. The maximum Gasteiger partial charge on any atom is 0.319 e. The molecule has 20 heavy (non-hydrogen) atoms. The van der Waals surface area contributed by atoms with Crippen LogP contribution >= 0.6 is 11.6 Å². The molecule has 2 amide bonds. The molecule has 0 saturated carbocycles. The molecule has 0 unspecified atom stereocenters. The van der Waals surface area contributed by atoms with E-state index in [0.29, 0.717) is 17.3 Å². The van der Waals surface area contributed by atoms with Gasteiger partial charge >= 0.3 is 6.03 Å². The molecule has 6 nitrogen and oxygen atoms in total. The molecule has 2 aromatic rings. The standard InChI is InChI=1S/C13H16ClN5O/c1-9-4-5-10(7-11(9)14)18-13(20)15-6-2-3-12-16-8-17-19-12/h4-5,7-8H,2-3,6H2,1H3,(H2,15,18,20)(H,16,17,19). The predicted octanol–water partition coefficient (Wildman–Crippen LogP) is 2.52. The third-order valence-electron chi connectivity index (χ3n) is 2.77. The average Bonchev–Trinajstić information content (AvgIpc) is 2.92. The molecule has 106 valence electrons. The first-order chi connectivity index (χ1) is 9.65.